The van der Waals surface area contributed by atoms with Gasteiger partial charge < -0.3 is 0 Å². The fourth-order valence-corrected chi connectivity index (χ4v) is 5.02. The van der Waals surface area contributed by atoms with E-state index in [-0.39, 0.29) is 5.41 Å². The molecular formula is C26H22Br2. The molecule has 0 saturated heterocycles. The van der Waals surface area contributed by atoms with E-state index in [1.165, 1.54) is 38.6 Å². The van der Waals surface area contributed by atoms with Crippen LogP contribution in [0.4, 0.5) is 0 Å². The standard InChI is InChI=1S/C26H22Br2/c1-26(2,3)19-13-11-18(12-14-19)22-15-23(25(28)16-24(22)27)21-10-6-8-17-7-4-5-9-20(17)21/h4-16H,1-3H3. The van der Waals surface area contributed by atoms with Gasteiger partial charge in [0.25, 0.3) is 0 Å². The molecule has 28 heavy (non-hydrogen) atoms. The van der Waals surface area contributed by atoms with Crippen LogP contribution in [0.3, 0.4) is 0 Å². The van der Waals surface area contributed by atoms with Crippen LogP contribution in [-0.2, 0) is 5.41 Å². The van der Waals surface area contributed by atoms with Crippen molar-refractivity contribution in [3.63, 3.8) is 0 Å². The molecule has 0 aliphatic heterocycles. The minimum Gasteiger partial charge on any atom is -0.0616 e. The van der Waals surface area contributed by atoms with Crippen molar-refractivity contribution in [3.8, 4) is 22.3 Å². The average Bonchev–Trinajstić information content (AvgIpc) is 2.67. The fraction of sp³-hybridized carbons (Fsp3) is 0.154. The van der Waals surface area contributed by atoms with Gasteiger partial charge in [0.05, 0.1) is 0 Å². The molecule has 0 N–H and O–H groups in total. The van der Waals surface area contributed by atoms with Crippen molar-refractivity contribution in [1.29, 1.82) is 0 Å². The second-order valence-electron chi connectivity index (χ2n) is 8.17. The lowest BCUT2D eigenvalue weighted by Crippen LogP contribution is -2.10. The van der Waals surface area contributed by atoms with Crippen molar-refractivity contribution >= 4 is 42.6 Å². The Hall–Kier alpha value is -1.90. The molecule has 0 radical (unpaired) electrons. The maximum absolute atomic E-state index is 3.78. The van der Waals surface area contributed by atoms with Gasteiger partial charge in [-0.15, -0.1) is 0 Å². The summed E-state index contributed by atoms with van der Waals surface area (Å²) in [5, 5.41) is 2.52. The Labute approximate surface area is 183 Å². The Morgan fingerprint density at radius 3 is 1.96 bits per heavy atom. The van der Waals surface area contributed by atoms with E-state index >= 15 is 0 Å². The van der Waals surface area contributed by atoms with Gasteiger partial charge in [-0.05, 0) is 56.1 Å². The first-order valence-electron chi connectivity index (χ1n) is 9.43. The van der Waals surface area contributed by atoms with Crippen LogP contribution in [-0.4, -0.2) is 0 Å². The molecule has 0 saturated carbocycles. The SMILES string of the molecule is CC(C)(C)c1ccc(-c2cc(-c3cccc4ccccc34)c(Br)cc2Br)cc1. The predicted molar refractivity (Wildman–Crippen MR) is 129 cm³/mol. The van der Waals surface area contributed by atoms with E-state index in [1.807, 2.05) is 0 Å². The van der Waals surface area contributed by atoms with Crippen LogP contribution < -0.4 is 0 Å². The average molecular weight is 494 g/mol. The van der Waals surface area contributed by atoms with Crippen molar-refractivity contribution in [3.05, 3.63) is 93.4 Å². The van der Waals surface area contributed by atoms with E-state index < -0.39 is 0 Å². The highest BCUT2D eigenvalue weighted by molar-refractivity contribution is 9.11. The van der Waals surface area contributed by atoms with Gasteiger partial charge in [-0.3, -0.25) is 0 Å². The second kappa shape index (κ2) is 7.50. The summed E-state index contributed by atoms with van der Waals surface area (Å²) in [4.78, 5) is 0. The van der Waals surface area contributed by atoms with Gasteiger partial charge in [-0.25, -0.2) is 0 Å². The van der Waals surface area contributed by atoms with Crippen molar-refractivity contribution < 1.29 is 0 Å². The molecule has 0 unspecified atom stereocenters. The maximum atomic E-state index is 3.78. The second-order valence-corrected chi connectivity index (χ2v) is 9.87. The molecule has 0 amide bonds. The minimum absolute atomic E-state index is 0.156. The van der Waals surface area contributed by atoms with E-state index in [0.29, 0.717) is 0 Å². The van der Waals surface area contributed by atoms with E-state index in [4.69, 9.17) is 0 Å². The Morgan fingerprint density at radius 2 is 1.25 bits per heavy atom. The summed E-state index contributed by atoms with van der Waals surface area (Å²) >= 11 is 7.55. The van der Waals surface area contributed by atoms with Crippen molar-refractivity contribution in [2.45, 2.75) is 26.2 Å². The Kier molecular flexibility index (Phi) is 5.20. The summed E-state index contributed by atoms with van der Waals surface area (Å²) in [6, 6.07) is 28.4. The monoisotopic (exact) mass is 492 g/mol. The topological polar surface area (TPSA) is 0 Å². The van der Waals surface area contributed by atoms with Gasteiger partial charge in [-0.1, -0.05) is 119 Å². The molecule has 0 spiro atoms. The molecule has 0 atom stereocenters. The molecule has 140 valence electrons. The quantitative estimate of drug-likeness (QED) is 0.261. The molecule has 0 fully saturated rings. The molecule has 0 bridgehead atoms. The minimum atomic E-state index is 0.156. The Bertz CT molecular complexity index is 1140. The van der Waals surface area contributed by atoms with E-state index in [2.05, 4.69) is 131 Å². The molecule has 0 aromatic heterocycles. The highest BCUT2D eigenvalue weighted by Gasteiger charge is 2.15. The smallest absolute Gasteiger partial charge is 0.0265 e. The highest BCUT2D eigenvalue weighted by Crippen LogP contribution is 2.40. The normalized spacial score (nSPS) is 11.8. The van der Waals surface area contributed by atoms with Crippen LogP contribution >= 0.6 is 31.9 Å². The zero-order valence-corrected chi connectivity index (χ0v) is 19.4. The van der Waals surface area contributed by atoms with Gasteiger partial charge >= 0.3 is 0 Å². The highest BCUT2D eigenvalue weighted by atomic mass is 79.9. The summed E-state index contributed by atoms with van der Waals surface area (Å²) in [6.45, 7) is 6.74. The summed E-state index contributed by atoms with van der Waals surface area (Å²) in [6.07, 6.45) is 0. The molecule has 0 nitrogen and oxygen atoms in total. The molecule has 2 heteroatoms. The third kappa shape index (κ3) is 3.68. The third-order valence-electron chi connectivity index (χ3n) is 5.20. The third-order valence-corrected chi connectivity index (χ3v) is 6.51. The number of rotatable bonds is 2. The predicted octanol–water partition coefficient (Wildman–Crippen LogP) is 9.00. The lowest BCUT2D eigenvalue weighted by atomic mass is 9.86. The number of benzene rings is 4. The molecule has 0 aliphatic carbocycles. The fourth-order valence-electron chi connectivity index (χ4n) is 3.59. The van der Waals surface area contributed by atoms with Crippen molar-refractivity contribution in [2.75, 3.05) is 0 Å². The number of halogens is 2. The first kappa shape index (κ1) is 19.4. The summed E-state index contributed by atoms with van der Waals surface area (Å²) in [5.41, 5.74) is 6.36. The number of hydrogen-bond acceptors (Lipinski definition) is 0. The van der Waals surface area contributed by atoms with Crippen LogP contribution in [0, 0.1) is 0 Å². The van der Waals surface area contributed by atoms with Crippen LogP contribution in [0.2, 0.25) is 0 Å². The van der Waals surface area contributed by atoms with Gasteiger partial charge in [-0.2, -0.15) is 0 Å². The zero-order chi connectivity index (χ0) is 19.9. The van der Waals surface area contributed by atoms with Crippen LogP contribution in [0.5, 0.6) is 0 Å². The molecular weight excluding hydrogens is 472 g/mol. The van der Waals surface area contributed by atoms with E-state index in [1.54, 1.807) is 0 Å². The molecule has 4 aromatic carbocycles. The Balaban J connectivity index is 1.88. The summed E-state index contributed by atoms with van der Waals surface area (Å²) < 4.78 is 2.18. The van der Waals surface area contributed by atoms with Crippen LogP contribution in [0.15, 0.2) is 87.8 Å². The zero-order valence-electron chi connectivity index (χ0n) is 16.3. The van der Waals surface area contributed by atoms with Crippen LogP contribution in [0.25, 0.3) is 33.0 Å². The van der Waals surface area contributed by atoms with Gasteiger partial charge in [0.1, 0.15) is 0 Å². The van der Waals surface area contributed by atoms with Gasteiger partial charge in [0.2, 0.25) is 0 Å². The first-order chi connectivity index (χ1) is 13.3. The van der Waals surface area contributed by atoms with Gasteiger partial charge in [0.15, 0.2) is 0 Å². The molecule has 4 aromatic rings. The van der Waals surface area contributed by atoms with Crippen molar-refractivity contribution in [2.24, 2.45) is 0 Å². The van der Waals surface area contributed by atoms with Gasteiger partial charge in [0, 0.05) is 8.95 Å². The lowest BCUT2D eigenvalue weighted by molar-refractivity contribution is 0.590. The van der Waals surface area contributed by atoms with E-state index in [0.717, 1.165) is 8.95 Å². The summed E-state index contributed by atoms with van der Waals surface area (Å²) in [7, 11) is 0. The van der Waals surface area contributed by atoms with Crippen LogP contribution in [0.1, 0.15) is 26.3 Å². The summed E-state index contributed by atoms with van der Waals surface area (Å²) in [5.74, 6) is 0. The van der Waals surface area contributed by atoms with Crippen molar-refractivity contribution in [1.82, 2.24) is 0 Å². The molecule has 0 heterocycles. The number of hydrogen-bond donors (Lipinski definition) is 0. The largest absolute Gasteiger partial charge is 0.0616 e. The molecule has 4 rings (SSSR count). The number of fused-ring (bicyclic) bond motifs is 1. The lowest BCUT2D eigenvalue weighted by Gasteiger charge is -2.19. The Morgan fingerprint density at radius 1 is 0.607 bits per heavy atom. The maximum Gasteiger partial charge on any atom is 0.0265 e. The van der Waals surface area contributed by atoms with E-state index in [9.17, 15) is 0 Å². The first-order valence-corrected chi connectivity index (χ1v) is 11.0. The molecule has 0 aliphatic rings.